The van der Waals surface area contributed by atoms with Crippen LogP contribution in [0.15, 0.2) is 83.8 Å². The number of hydrogen-bond acceptors (Lipinski definition) is 5. The van der Waals surface area contributed by atoms with Gasteiger partial charge in [0.2, 0.25) is 0 Å². The average Bonchev–Trinajstić information content (AvgIpc) is 3.14. The van der Waals surface area contributed by atoms with Crippen molar-refractivity contribution in [1.82, 2.24) is 9.29 Å². The highest BCUT2D eigenvalue weighted by Crippen LogP contribution is 2.29. The summed E-state index contributed by atoms with van der Waals surface area (Å²) in [6, 6.07) is 22.9. The van der Waals surface area contributed by atoms with Gasteiger partial charge in [0.25, 0.3) is 10.0 Å². The third-order valence-corrected chi connectivity index (χ3v) is 6.91. The van der Waals surface area contributed by atoms with Crippen molar-refractivity contribution in [2.45, 2.75) is 18.0 Å². The lowest BCUT2D eigenvalue weighted by molar-refractivity contribution is 0.112. The van der Waals surface area contributed by atoms with Gasteiger partial charge in [-0.25, -0.2) is 12.4 Å². The Morgan fingerprint density at radius 3 is 2.26 bits per heavy atom. The fourth-order valence-electron chi connectivity index (χ4n) is 3.63. The Morgan fingerprint density at radius 1 is 0.903 bits per heavy atom. The van der Waals surface area contributed by atoms with E-state index in [1.165, 1.54) is 3.97 Å². The number of ether oxygens (including phenoxy) is 1. The molecule has 1 N–H and O–H groups in total. The highest BCUT2D eigenvalue weighted by atomic mass is 32.2. The van der Waals surface area contributed by atoms with Gasteiger partial charge in [-0.15, -0.1) is 0 Å². The molecule has 0 atom stereocenters. The third-order valence-electron chi connectivity index (χ3n) is 5.15. The molecule has 0 saturated heterocycles. The van der Waals surface area contributed by atoms with Gasteiger partial charge in [0.1, 0.15) is 5.75 Å². The number of rotatable bonds is 8. The van der Waals surface area contributed by atoms with Gasteiger partial charge in [0, 0.05) is 24.0 Å². The third kappa shape index (κ3) is 3.97. The highest BCUT2D eigenvalue weighted by Gasteiger charge is 2.26. The van der Waals surface area contributed by atoms with Crippen LogP contribution in [0.4, 0.5) is 0 Å². The van der Waals surface area contributed by atoms with Crippen LogP contribution in [-0.4, -0.2) is 25.8 Å². The standard InChI is InChI=1S/C24H22N2O4S/c1-30-19-13-11-18(12-14-19)15-25-16-24-22(17-27)21-9-5-6-10-23(21)26(24)31(28,29)20-7-3-2-4-8-20/h2-14,17,25H,15-16H2,1H3. The Morgan fingerprint density at radius 2 is 1.58 bits per heavy atom. The minimum atomic E-state index is -3.89. The van der Waals surface area contributed by atoms with E-state index < -0.39 is 10.0 Å². The normalized spacial score (nSPS) is 11.5. The van der Waals surface area contributed by atoms with Crippen molar-refractivity contribution in [3.05, 3.63) is 95.7 Å². The van der Waals surface area contributed by atoms with E-state index in [0.717, 1.165) is 17.6 Å². The van der Waals surface area contributed by atoms with Gasteiger partial charge in [-0.05, 0) is 35.9 Å². The molecular formula is C24H22N2O4S. The van der Waals surface area contributed by atoms with E-state index in [9.17, 15) is 13.2 Å². The van der Waals surface area contributed by atoms with Crippen LogP contribution in [0.25, 0.3) is 10.9 Å². The summed E-state index contributed by atoms with van der Waals surface area (Å²) in [7, 11) is -2.28. The maximum absolute atomic E-state index is 13.5. The molecule has 1 heterocycles. The summed E-state index contributed by atoms with van der Waals surface area (Å²) in [4.78, 5) is 12.1. The molecule has 3 aromatic carbocycles. The second kappa shape index (κ2) is 8.75. The van der Waals surface area contributed by atoms with Crippen LogP contribution >= 0.6 is 0 Å². The van der Waals surface area contributed by atoms with E-state index in [1.807, 2.05) is 24.3 Å². The molecule has 0 aliphatic rings. The molecule has 0 fully saturated rings. The number of aldehydes is 1. The Kier molecular flexibility index (Phi) is 5.88. The number of benzene rings is 3. The van der Waals surface area contributed by atoms with Gasteiger partial charge < -0.3 is 10.1 Å². The molecule has 0 spiro atoms. The largest absolute Gasteiger partial charge is 0.497 e. The van der Waals surface area contributed by atoms with Crippen molar-refractivity contribution >= 4 is 27.2 Å². The summed E-state index contributed by atoms with van der Waals surface area (Å²) < 4.78 is 33.5. The van der Waals surface area contributed by atoms with Crippen molar-refractivity contribution < 1.29 is 17.9 Å². The quantitative estimate of drug-likeness (QED) is 0.424. The average molecular weight is 435 g/mol. The van der Waals surface area contributed by atoms with Crippen LogP contribution in [-0.2, 0) is 23.1 Å². The number of nitrogens with one attached hydrogen (secondary N) is 1. The van der Waals surface area contributed by atoms with Crippen LogP contribution in [0.5, 0.6) is 5.75 Å². The second-order valence-corrected chi connectivity index (χ2v) is 8.82. The van der Waals surface area contributed by atoms with Crippen LogP contribution in [0, 0.1) is 0 Å². The molecule has 31 heavy (non-hydrogen) atoms. The maximum atomic E-state index is 13.5. The van der Waals surface area contributed by atoms with Gasteiger partial charge in [0.05, 0.1) is 23.2 Å². The van der Waals surface area contributed by atoms with Gasteiger partial charge >= 0.3 is 0 Å². The van der Waals surface area contributed by atoms with Crippen LogP contribution < -0.4 is 10.1 Å². The van der Waals surface area contributed by atoms with Gasteiger partial charge in [-0.1, -0.05) is 48.5 Å². The molecule has 4 aromatic rings. The SMILES string of the molecule is COc1ccc(CNCc2c(C=O)c3ccccc3n2S(=O)(=O)c2ccccc2)cc1. The number of methoxy groups -OCH3 is 1. The summed E-state index contributed by atoms with van der Waals surface area (Å²) in [5.74, 6) is 0.765. The molecule has 0 saturated carbocycles. The number of para-hydroxylation sites is 1. The highest BCUT2D eigenvalue weighted by molar-refractivity contribution is 7.90. The van der Waals surface area contributed by atoms with Crippen molar-refractivity contribution in [2.24, 2.45) is 0 Å². The van der Waals surface area contributed by atoms with Crippen molar-refractivity contribution in [2.75, 3.05) is 7.11 Å². The van der Waals surface area contributed by atoms with Gasteiger partial charge in [-0.2, -0.15) is 0 Å². The summed E-state index contributed by atoms with van der Waals surface area (Å²) >= 11 is 0. The number of hydrogen-bond donors (Lipinski definition) is 1. The lowest BCUT2D eigenvalue weighted by Gasteiger charge is -2.13. The Hall–Kier alpha value is -3.42. The van der Waals surface area contributed by atoms with E-state index in [1.54, 1.807) is 61.7 Å². The molecule has 6 nitrogen and oxygen atoms in total. The first-order valence-corrected chi connectivity index (χ1v) is 11.2. The zero-order valence-corrected chi connectivity index (χ0v) is 17.8. The molecule has 0 bridgehead atoms. The molecule has 0 amide bonds. The zero-order chi connectivity index (χ0) is 21.8. The van der Waals surface area contributed by atoms with Crippen LogP contribution in [0.3, 0.4) is 0 Å². The molecule has 7 heteroatoms. The minimum Gasteiger partial charge on any atom is -0.497 e. The molecule has 0 aliphatic heterocycles. The van der Waals surface area contributed by atoms with Crippen molar-refractivity contribution in [3.8, 4) is 5.75 Å². The van der Waals surface area contributed by atoms with Crippen LogP contribution in [0.1, 0.15) is 21.6 Å². The van der Waals surface area contributed by atoms with E-state index in [2.05, 4.69) is 5.32 Å². The van der Waals surface area contributed by atoms with Gasteiger partial charge in [0.15, 0.2) is 6.29 Å². The molecule has 158 valence electrons. The number of aromatic nitrogens is 1. The number of nitrogens with zero attached hydrogens (tertiary/aromatic N) is 1. The fourth-order valence-corrected chi connectivity index (χ4v) is 5.21. The van der Waals surface area contributed by atoms with Crippen LogP contribution in [0.2, 0.25) is 0 Å². The molecule has 0 unspecified atom stereocenters. The molecule has 0 aliphatic carbocycles. The number of fused-ring (bicyclic) bond motifs is 1. The summed E-state index contributed by atoms with van der Waals surface area (Å²) in [5.41, 5.74) is 2.28. The lowest BCUT2D eigenvalue weighted by Crippen LogP contribution is -2.21. The Balaban J connectivity index is 1.75. The smallest absolute Gasteiger partial charge is 0.268 e. The fraction of sp³-hybridized carbons (Fsp3) is 0.125. The molecule has 4 rings (SSSR count). The monoisotopic (exact) mass is 434 g/mol. The molecule has 1 aromatic heterocycles. The summed E-state index contributed by atoms with van der Waals surface area (Å²) in [5, 5.41) is 3.88. The molecular weight excluding hydrogens is 412 g/mol. The molecule has 0 radical (unpaired) electrons. The predicted molar refractivity (Wildman–Crippen MR) is 120 cm³/mol. The summed E-state index contributed by atoms with van der Waals surface area (Å²) in [6.07, 6.45) is 0.726. The van der Waals surface area contributed by atoms with E-state index in [-0.39, 0.29) is 11.4 Å². The topological polar surface area (TPSA) is 77.4 Å². The first-order valence-electron chi connectivity index (χ1n) is 9.78. The Labute approximate surface area is 181 Å². The Bertz CT molecular complexity index is 1310. The van der Waals surface area contributed by atoms with E-state index in [0.29, 0.717) is 28.7 Å². The predicted octanol–water partition coefficient (Wildman–Crippen LogP) is 3.99. The first kappa shape index (κ1) is 20.8. The number of carbonyl (C=O) groups is 1. The van der Waals surface area contributed by atoms with E-state index in [4.69, 9.17) is 4.74 Å². The lowest BCUT2D eigenvalue weighted by atomic mass is 10.1. The van der Waals surface area contributed by atoms with Gasteiger partial charge in [-0.3, -0.25) is 4.79 Å². The van der Waals surface area contributed by atoms with Crippen molar-refractivity contribution in [1.29, 1.82) is 0 Å². The summed E-state index contributed by atoms with van der Waals surface area (Å²) in [6.45, 7) is 0.718. The first-order chi connectivity index (χ1) is 15.1. The minimum absolute atomic E-state index is 0.171. The zero-order valence-electron chi connectivity index (χ0n) is 17.0. The maximum Gasteiger partial charge on any atom is 0.268 e. The number of carbonyl (C=O) groups excluding carboxylic acids is 1. The van der Waals surface area contributed by atoms with E-state index >= 15 is 0 Å². The van der Waals surface area contributed by atoms with Crippen molar-refractivity contribution in [3.63, 3.8) is 0 Å². The second-order valence-electron chi connectivity index (χ2n) is 7.03.